The fourth-order valence-electron chi connectivity index (χ4n) is 1.94. The standard InChI is InChI=1S/C12H15ClFNO/c13-11-5-8(1-2-12(11)14)6-15-7-9-3-10(16)4-9/h1-2,5,9-10,15-16H,3-4,6-7H2. The van der Waals surface area contributed by atoms with E-state index in [2.05, 4.69) is 5.32 Å². The Morgan fingerprint density at radius 3 is 2.81 bits per heavy atom. The van der Waals surface area contributed by atoms with E-state index in [1.54, 1.807) is 12.1 Å². The SMILES string of the molecule is OC1CC(CNCc2ccc(F)c(Cl)c2)C1. The summed E-state index contributed by atoms with van der Waals surface area (Å²) in [5.41, 5.74) is 0.978. The van der Waals surface area contributed by atoms with E-state index < -0.39 is 0 Å². The predicted octanol–water partition coefficient (Wildman–Crippen LogP) is 2.34. The maximum absolute atomic E-state index is 12.9. The molecule has 1 fully saturated rings. The highest BCUT2D eigenvalue weighted by Crippen LogP contribution is 2.26. The third-order valence-corrected chi connectivity index (χ3v) is 3.25. The fraction of sp³-hybridized carbons (Fsp3) is 0.500. The number of benzene rings is 1. The Morgan fingerprint density at radius 2 is 2.19 bits per heavy atom. The van der Waals surface area contributed by atoms with Gasteiger partial charge in [-0.15, -0.1) is 0 Å². The highest BCUT2D eigenvalue weighted by molar-refractivity contribution is 6.30. The van der Waals surface area contributed by atoms with Crippen molar-refractivity contribution in [2.75, 3.05) is 6.54 Å². The van der Waals surface area contributed by atoms with Crippen LogP contribution < -0.4 is 5.32 Å². The first-order chi connectivity index (χ1) is 7.65. The van der Waals surface area contributed by atoms with Crippen molar-refractivity contribution in [3.8, 4) is 0 Å². The van der Waals surface area contributed by atoms with Gasteiger partial charge in [0.05, 0.1) is 11.1 Å². The number of aliphatic hydroxyl groups is 1. The summed E-state index contributed by atoms with van der Waals surface area (Å²) in [6, 6.07) is 4.75. The van der Waals surface area contributed by atoms with Gasteiger partial charge in [0.25, 0.3) is 0 Å². The largest absolute Gasteiger partial charge is 0.393 e. The molecule has 88 valence electrons. The van der Waals surface area contributed by atoms with Crippen molar-refractivity contribution in [2.24, 2.45) is 5.92 Å². The smallest absolute Gasteiger partial charge is 0.141 e. The summed E-state index contributed by atoms with van der Waals surface area (Å²) in [6.07, 6.45) is 1.67. The van der Waals surface area contributed by atoms with Crippen molar-refractivity contribution in [1.29, 1.82) is 0 Å². The fourth-order valence-corrected chi connectivity index (χ4v) is 2.14. The molecule has 0 unspecified atom stereocenters. The van der Waals surface area contributed by atoms with Crippen LogP contribution in [0.5, 0.6) is 0 Å². The van der Waals surface area contributed by atoms with E-state index in [-0.39, 0.29) is 16.9 Å². The molecule has 1 aromatic rings. The second-order valence-electron chi connectivity index (χ2n) is 4.37. The normalized spacial score (nSPS) is 24.2. The van der Waals surface area contributed by atoms with Crippen LogP contribution in [-0.2, 0) is 6.54 Å². The molecule has 2 rings (SSSR count). The van der Waals surface area contributed by atoms with Crippen molar-refractivity contribution in [1.82, 2.24) is 5.32 Å². The molecule has 1 aromatic carbocycles. The van der Waals surface area contributed by atoms with Crippen LogP contribution >= 0.6 is 11.6 Å². The van der Waals surface area contributed by atoms with Crippen molar-refractivity contribution in [3.05, 3.63) is 34.6 Å². The molecular weight excluding hydrogens is 229 g/mol. The monoisotopic (exact) mass is 243 g/mol. The zero-order valence-electron chi connectivity index (χ0n) is 8.92. The molecule has 0 amide bonds. The Labute approximate surface area is 99.4 Å². The van der Waals surface area contributed by atoms with Gasteiger partial charge in [0.15, 0.2) is 0 Å². The Kier molecular flexibility index (Phi) is 3.79. The van der Waals surface area contributed by atoms with Gasteiger partial charge in [0, 0.05) is 6.54 Å². The summed E-state index contributed by atoms with van der Waals surface area (Å²) in [7, 11) is 0. The number of hydrogen-bond donors (Lipinski definition) is 2. The van der Waals surface area contributed by atoms with Gasteiger partial charge < -0.3 is 10.4 Å². The minimum atomic E-state index is -0.382. The Balaban J connectivity index is 1.74. The minimum Gasteiger partial charge on any atom is -0.393 e. The lowest BCUT2D eigenvalue weighted by Crippen LogP contribution is -2.35. The zero-order valence-corrected chi connectivity index (χ0v) is 9.67. The minimum absolute atomic E-state index is 0.105. The molecule has 2 nitrogen and oxygen atoms in total. The summed E-state index contributed by atoms with van der Waals surface area (Å²) >= 11 is 5.68. The van der Waals surface area contributed by atoms with Crippen LogP contribution in [-0.4, -0.2) is 17.8 Å². The highest BCUT2D eigenvalue weighted by Gasteiger charge is 2.26. The van der Waals surface area contributed by atoms with Gasteiger partial charge in [-0.2, -0.15) is 0 Å². The average molecular weight is 244 g/mol. The number of aliphatic hydroxyl groups excluding tert-OH is 1. The van der Waals surface area contributed by atoms with Crippen LogP contribution in [0.2, 0.25) is 5.02 Å². The number of halogens is 2. The van der Waals surface area contributed by atoms with Crippen LogP contribution in [0.4, 0.5) is 4.39 Å². The second kappa shape index (κ2) is 5.13. The summed E-state index contributed by atoms with van der Waals surface area (Å²) in [5.74, 6) is 0.193. The molecule has 0 spiro atoms. The predicted molar refractivity (Wildman–Crippen MR) is 61.8 cm³/mol. The molecule has 0 aliphatic heterocycles. The highest BCUT2D eigenvalue weighted by atomic mass is 35.5. The summed E-state index contributed by atoms with van der Waals surface area (Å²) in [5, 5.41) is 12.6. The van der Waals surface area contributed by atoms with E-state index in [1.807, 2.05) is 0 Å². The first-order valence-electron chi connectivity index (χ1n) is 5.48. The van der Waals surface area contributed by atoms with Crippen LogP contribution in [0.25, 0.3) is 0 Å². The zero-order chi connectivity index (χ0) is 11.5. The molecule has 1 aliphatic carbocycles. The Bertz CT molecular complexity index is 366. The van der Waals surface area contributed by atoms with E-state index in [0.29, 0.717) is 12.5 Å². The van der Waals surface area contributed by atoms with E-state index >= 15 is 0 Å². The number of hydrogen-bond acceptors (Lipinski definition) is 2. The Morgan fingerprint density at radius 1 is 1.44 bits per heavy atom. The van der Waals surface area contributed by atoms with Gasteiger partial charge in [0.2, 0.25) is 0 Å². The van der Waals surface area contributed by atoms with Gasteiger partial charge in [-0.1, -0.05) is 17.7 Å². The quantitative estimate of drug-likeness (QED) is 0.851. The molecule has 2 N–H and O–H groups in total. The lowest BCUT2D eigenvalue weighted by atomic mass is 9.82. The van der Waals surface area contributed by atoms with Crippen molar-refractivity contribution in [2.45, 2.75) is 25.5 Å². The molecule has 0 bridgehead atoms. The molecule has 1 aliphatic rings. The third-order valence-electron chi connectivity index (χ3n) is 2.96. The maximum atomic E-state index is 12.9. The van der Waals surface area contributed by atoms with Crippen LogP contribution in [0.15, 0.2) is 18.2 Å². The van der Waals surface area contributed by atoms with Gasteiger partial charge >= 0.3 is 0 Å². The second-order valence-corrected chi connectivity index (χ2v) is 4.78. The summed E-state index contributed by atoms with van der Waals surface area (Å²) < 4.78 is 12.9. The third kappa shape index (κ3) is 2.94. The van der Waals surface area contributed by atoms with Crippen molar-refractivity contribution >= 4 is 11.6 Å². The maximum Gasteiger partial charge on any atom is 0.141 e. The molecule has 0 heterocycles. The van der Waals surface area contributed by atoms with Gasteiger partial charge in [-0.25, -0.2) is 4.39 Å². The molecule has 0 saturated heterocycles. The van der Waals surface area contributed by atoms with E-state index in [1.165, 1.54) is 6.07 Å². The van der Waals surface area contributed by atoms with Gasteiger partial charge in [-0.05, 0) is 43.0 Å². The lowest BCUT2D eigenvalue weighted by Gasteiger charge is -2.31. The summed E-state index contributed by atoms with van der Waals surface area (Å²) in [4.78, 5) is 0. The number of nitrogens with one attached hydrogen (secondary N) is 1. The molecule has 1 saturated carbocycles. The van der Waals surface area contributed by atoms with Crippen molar-refractivity contribution < 1.29 is 9.50 Å². The first kappa shape index (κ1) is 11.8. The number of rotatable bonds is 4. The molecule has 0 atom stereocenters. The Hall–Kier alpha value is -0.640. The van der Waals surface area contributed by atoms with Crippen molar-refractivity contribution in [3.63, 3.8) is 0 Å². The van der Waals surface area contributed by atoms with E-state index in [9.17, 15) is 4.39 Å². The average Bonchev–Trinajstić information content (AvgIpc) is 2.21. The molecule has 16 heavy (non-hydrogen) atoms. The van der Waals surface area contributed by atoms with Crippen LogP contribution in [0.1, 0.15) is 18.4 Å². The molecular formula is C12H15ClFNO. The van der Waals surface area contributed by atoms with Gasteiger partial charge in [0.1, 0.15) is 5.82 Å². The first-order valence-corrected chi connectivity index (χ1v) is 5.85. The van der Waals surface area contributed by atoms with Gasteiger partial charge in [-0.3, -0.25) is 0 Å². The van der Waals surface area contributed by atoms with Crippen LogP contribution in [0.3, 0.4) is 0 Å². The topological polar surface area (TPSA) is 32.3 Å². The summed E-state index contributed by atoms with van der Waals surface area (Å²) in [6.45, 7) is 1.58. The van der Waals surface area contributed by atoms with E-state index in [0.717, 1.165) is 24.9 Å². The molecule has 0 aromatic heterocycles. The van der Waals surface area contributed by atoms with E-state index in [4.69, 9.17) is 16.7 Å². The molecule has 0 radical (unpaired) electrons. The van der Waals surface area contributed by atoms with Crippen LogP contribution in [0, 0.1) is 11.7 Å². The lowest BCUT2D eigenvalue weighted by molar-refractivity contribution is 0.0430. The molecule has 4 heteroatoms.